The van der Waals surface area contributed by atoms with Crippen molar-refractivity contribution >= 4 is 21.7 Å². The number of rotatable bonds is 4. The molecule has 1 N–H and O–H groups in total. The second kappa shape index (κ2) is 6.12. The van der Waals surface area contributed by atoms with Gasteiger partial charge in [-0.05, 0) is 28.1 Å². The van der Waals surface area contributed by atoms with E-state index in [0.29, 0.717) is 23.5 Å². The van der Waals surface area contributed by atoms with Gasteiger partial charge in [-0.25, -0.2) is 9.37 Å². The van der Waals surface area contributed by atoms with E-state index in [1.807, 2.05) is 11.9 Å². The summed E-state index contributed by atoms with van der Waals surface area (Å²) < 4.78 is 14.4. The highest BCUT2D eigenvalue weighted by Gasteiger charge is 2.11. The monoisotopic (exact) mass is 324 g/mol. The van der Waals surface area contributed by atoms with Gasteiger partial charge in [0, 0.05) is 35.4 Å². The van der Waals surface area contributed by atoms with Gasteiger partial charge in [0.05, 0.1) is 6.61 Å². The summed E-state index contributed by atoms with van der Waals surface area (Å²) in [7, 11) is 1.82. The topological polar surface area (TPSA) is 36.4 Å². The third-order valence-corrected chi connectivity index (χ3v) is 3.24. The van der Waals surface area contributed by atoms with Gasteiger partial charge in [-0.3, -0.25) is 0 Å². The van der Waals surface area contributed by atoms with E-state index < -0.39 is 0 Å². The van der Waals surface area contributed by atoms with Crippen LogP contribution in [0.2, 0.25) is 0 Å². The normalized spacial score (nSPS) is 10.5. The van der Waals surface area contributed by atoms with Crippen molar-refractivity contribution in [1.29, 1.82) is 0 Å². The predicted molar refractivity (Wildman–Crippen MR) is 76.4 cm³/mol. The molecule has 100 valence electrons. The van der Waals surface area contributed by atoms with Gasteiger partial charge in [0.1, 0.15) is 11.6 Å². The summed E-state index contributed by atoms with van der Waals surface area (Å²) in [6.07, 6.45) is 1.66. The van der Waals surface area contributed by atoms with Crippen molar-refractivity contribution < 1.29 is 9.50 Å². The zero-order valence-corrected chi connectivity index (χ0v) is 12.1. The lowest BCUT2D eigenvalue weighted by molar-refractivity contribution is 0.281. The molecule has 0 saturated carbocycles. The number of hydrogen-bond acceptors (Lipinski definition) is 3. The largest absolute Gasteiger partial charge is 0.392 e. The highest BCUT2D eigenvalue weighted by atomic mass is 79.9. The summed E-state index contributed by atoms with van der Waals surface area (Å²) in [5.41, 5.74) is 1.30. The van der Waals surface area contributed by atoms with E-state index in [2.05, 4.69) is 20.9 Å². The first-order valence-corrected chi connectivity index (χ1v) is 6.61. The SMILES string of the molecule is CN(Cc1ccccc1F)c1ncc(Br)cc1CO. The summed E-state index contributed by atoms with van der Waals surface area (Å²) in [4.78, 5) is 6.09. The summed E-state index contributed by atoms with van der Waals surface area (Å²) in [6, 6.07) is 8.44. The standard InChI is InChI=1S/C14H14BrFN2O/c1-18(8-10-4-2-3-5-13(10)16)14-11(9-19)6-12(15)7-17-14/h2-7,19H,8-9H2,1H3. The molecule has 0 bridgehead atoms. The van der Waals surface area contributed by atoms with Crippen molar-refractivity contribution in [3.8, 4) is 0 Å². The van der Waals surface area contributed by atoms with E-state index in [0.717, 1.165) is 4.47 Å². The molecule has 0 unspecified atom stereocenters. The number of nitrogens with zero attached hydrogens (tertiary/aromatic N) is 2. The quantitative estimate of drug-likeness (QED) is 0.938. The molecule has 3 nitrogen and oxygen atoms in total. The lowest BCUT2D eigenvalue weighted by Crippen LogP contribution is -2.20. The van der Waals surface area contributed by atoms with Gasteiger partial charge in [-0.1, -0.05) is 18.2 Å². The molecule has 19 heavy (non-hydrogen) atoms. The highest BCUT2D eigenvalue weighted by Crippen LogP contribution is 2.22. The average molecular weight is 325 g/mol. The Morgan fingerprint density at radius 2 is 2.05 bits per heavy atom. The molecule has 5 heteroatoms. The van der Waals surface area contributed by atoms with E-state index in [1.54, 1.807) is 30.5 Å². The van der Waals surface area contributed by atoms with Gasteiger partial charge in [-0.15, -0.1) is 0 Å². The van der Waals surface area contributed by atoms with Crippen LogP contribution in [-0.4, -0.2) is 17.1 Å². The third kappa shape index (κ3) is 3.30. The van der Waals surface area contributed by atoms with Crippen LogP contribution >= 0.6 is 15.9 Å². The van der Waals surface area contributed by atoms with Crippen molar-refractivity contribution in [1.82, 2.24) is 4.98 Å². The molecule has 0 aliphatic rings. The zero-order valence-electron chi connectivity index (χ0n) is 10.5. The number of benzene rings is 1. The Kier molecular flexibility index (Phi) is 4.50. The Morgan fingerprint density at radius 3 is 2.74 bits per heavy atom. The summed E-state index contributed by atoms with van der Waals surface area (Å²) in [5.74, 6) is 0.408. The molecule has 0 saturated heterocycles. The minimum absolute atomic E-state index is 0.108. The number of pyridine rings is 1. The van der Waals surface area contributed by atoms with Crippen molar-refractivity contribution in [2.24, 2.45) is 0 Å². The van der Waals surface area contributed by atoms with Crippen molar-refractivity contribution in [3.05, 3.63) is 57.9 Å². The van der Waals surface area contributed by atoms with Gasteiger partial charge < -0.3 is 10.0 Å². The third-order valence-electron chi connectivity index (χ3n) is 2.81. The van der Waals surface area contributed by atoms with Crippen molar-refractivity contribution in [3.63, 3.8) is 0 Å². The van der Waals surface area contributed by atoms with Crippen LogP contribution in [0.5, 0.6) is 0 Å². The van der Waals surface area contributed by atoms with Crippen molar-refractivity contribution in [2.45, 2.75) is 13.2 Å². The smallest absolute Gasteiger partial charge is 0.134 e. The molecule has 0 atom stereocenters. The second-order valence-corrected chi connectivity index (χ2v) is 5.16. The number of aliphatic hydroxyl groups excluding tert-OH is 1. The molecule has 1 aromatic heterocycles. The van der Waals surface area contributed by atoms with Gasteiger partial charge in [0.2, 0.25) is 0 Å². The van der Waals surface area contributed by atoms with Crippen LogP contribution in [0.4, 0.5) is 10.2 Å². The van der Waals surface area contributed by atoms with Crippen LogP contribution in [0.1, 0.15) is 11.1 Å². The first-order valence-electron chi connectivity index (χ1n) is 5.81. The fourth-order valence-corrected chi connectivity index (χ4v) is 2.27. The van der Waals surface area contributed by atoms with Crippen LogP contribution in [0.15, 0.2) is 41.0 Å². The van der Waals surface area contributed by atoms with E-state index in [-0.39, 0.29) is 12.4 Å². The Hall–Kier alpha value is -1.46. The molecule has 1 heterocycles. The molecule has 0 aliphatic heterocycles. The Morgan fingerprint density at radius 1 is 1.32 bits per heavy atom. The van der Waals surface area contributed by atoms with E-state index >= 15 is 0 Å². The van der Waals surface area contributed by atoms with E-state index in [9.17, 15) is 9.50 Å². The minimum atomic E-state index is -0.239. The fourth-order valence-electron chi connectivity index (χ4n) is 1.89. The molecule has 1 aromatic carbocycles. The van der Waals surface area contributed by atoms with Crippen LogP contribution in [0, 0.1) is 5.82 Å². The van der Waals surface area contributed by atoms with Crippen LogP contribution < -0.4 is 4.90 Å². The maximum Gasteiger partial charge on any atom is 0.134 e. The predicted octanol–water partition coefficient (Wildman–Crippen LogP) is 3.11. The maximum absolute atomic E-state index is 13.6. The number of hydrogen-bond donors (Lipinski definition) is 1. The first kappa shape index (κ1) is 14.0. The maximum atomic E-state index is 13.6. The number of aliphatic hydroxyl groups is 1. The number of anilines is 1. The molecule has 0 amide bonds. The molecular formula is C14H14BrFN2O. The number of aromatic nitrogens is 1. The summed E-state index contributed by atoms with van der Waals surface area (Å²) >= 11 is 3.31. The molecule has 0 radical (unpaired) electrons. The molecule has 0 spiro atoms. The highest BCUT2D eigenvalue weighted by molar-refractivity contribution is 9.10. The number of halogens is 2. The van der Waals surface area contributed by atoms with Gasteiger partial charge >= 0.3 is 0 Å². The first-order chi connectivity index (χ1) is 9.11. The second-order valence-electron chi connectivity index (χ2n) is 4.24. The molecule has 2 aromatic rings. The molecule has 0 fully saturated rings. The summed E-state index contributed by atoms with van der Waals surface area (Å²) in [5, 5.41) is 9.35. The Balaban J connectivity index is 2.25. The average Bonchev–Trinajstić information content (AvgIpc) is 2.41. The lowest BCUT2D eigenvalue weighted by atomic mass is 10.2. The molecular weight excluding hydrogens is 311 g/mol. The van der Waals surface area contributed by atoms with Crippen LogP contribution in [0.25, 0.3) is 0 Å². The van der Waals surface area contributed by atoms with Crippen LogP contribution in [0.3, 0.4) is 0 Å². The Labute approximate surface area is 119 Å². The van der Waals surface area contributed by atoms with Gasteiger partial charge in [0.15, 0.2) is 0 Å². The van der Waals surface area contributed by atoms with Crippen LogP contribution in [-0.2, 0) is 13.2 Å². The van der Waals surface area contributed by atoms with E-state index in [1.165, 1.54) is 6.07 Å². The van der Waals surface area contributed by atoms with E-state index in [4.69, 9.17) is 0 Å². The Bertz CT molecular complexity index is 577. The zero-order chi connectivity index (χ0) is 13.8. The fraction of sp³-hybridized carbons (Fsp3) is 0.214. The van der Waals surface area contributed by atoms with Gasteiger partial charge in [-0.2, -0.15) is 0 Å². The summed E-state index contributed by atoms with van der Waals surface area (Å²) in [6.45, 7) is 0.289. The molecule has 0 aliphatic carbocycles. The minimum Gasteiger partial charge on any atom is -0.392 e. The lowest BCUT2D eigenvalue weighted by Gasteiger charge is -2.21. The van der Waals surface area contributed by atoms with Gasteiger partial charge in [0.25, 0.3) is 0 Å². The molecule has 2 rings (SSSR count). The van der Waals surface area contributed by atoms with Crippen molar-refractivity contribution in [2.75, 3.05) is 11.9 Å².